The number of hydrogen-bond acceptors (Lipinski definition) is 2. The van der Waals surface area contributed by atoms with Crippen LogP contribution in [0.2, 0.25) is 5.02 Å². The number of nitrogens with one attached hydrogen (secondary N) is 1. The predicted octanol–water partition coefficient (Wildman–Crippen LogP) is 4.31. The van der Waals surface area contributed by atoms with Crippen molar-refractivity contribution in [2.45, 2.75) is 22.3 Å². The van der Waals surface area contributed by atoms with Crippen LogP contribution in [-0.4, -0.2) is 6.54 Å². The van der Waals surface area contributed by atoms with Gasteiger partial charge < -0.3 is 0 Å². The van der Waals surface area contributed by atoms with Crippen LogP contribution in [0.25, 0.3) is 0 Å². The first-order chi connectivity index (χ1) is 9.78. The Hall–Kier alpha value is -1.40. The molecule has 1 atom stereocenters. The van der Waals surface area contributed by atoms with Crippen LogP contribution >= 0.6 is 23.4 Å². The van der Waals surface area contributed by atoms with Crippen LogP contribution in [0.15, 0.2) is 52.3 Å². The Bertz CT molecular complexity index is 675. The van der Waals surface area contributed by atoms with E-state index in [-0.39, 0.29) is 6.04 Å². The average Bonchev–Trinajstić information content (AvgIpc) is 2.61. The molecule has 3 rings (SSSR count). The molecule has 0 aliphatic carbocycles. The third-order valence-electron chi connectivity index (χ3n) is 3.41. The SMILES string of the molecule is C#CCNC1Cc2ccccc2Sc2ccc(Cl)cc21. The lowest BCUT2D eigenvalue weighted by molar-refractivity contribution is 0.560. The maximum absolute atomic E-state index is 6.16. The Labute approximate surface area is 128 Å². The van der Waals surface area contributed by atoms with Gasteiger partial charge in [-0.3, -0.25) is 5.32 Å². The zero-order chi connectivity index (χ0) is 13.9. The molecular formula is C17H14ClNS. The summed E-state index contributed by atoms with van der Waals surface area (Å²) in [5.41, 5.74) is 2.58. The second kappa shape index (κ2) is 5.93. The first kappa shape index (κ1) is 13.6. The van der Waals surface area contributed by atoms with Gasteiger partial charge >= 0.3 is 0 Å². The Morgan fingerprint density at radius 1 is 1.25 bits per heavy atom. The molecular weight excluding hydrogens is 286 g/mol. The van der Waals surface area contributed by atoms with E-state index in [2.05, 4.69) is 41.6 Å². The molecule has 0 saturated heterocycles. The van der Waals surface area contributed by atoms with Gasteiger partial charge in [0.25, 0.3) is 0 Å². The van der Waals surface area contributed by atoms with E-state index >= 15 is 0 Å². The molecule has 0 aromatic heterocycles. The lowest BCUT2D eigenvalue weighted by Gasteiger charge is -2.18. The van der Waals surface area contributed by atoms with Gasteiger partial charge in [-0.1, -0.05) is 47.5 Å². The number of hydrogen-bond donors (Lipinski definition) is 1. The Balaban J connectivity index is 2.06. The fourth-order valence-electron chi connectivity index (χ4n) is 2.47. The van der Waals surface area contributed by atoms with Crippen molar-refractivity contribution in [2.75, 3.05) is 6.54 Å². The number of fused-ring (bicyclic) bond motifs is 2. The Morgan fingerprint density at radius 3 is 2.95 bits per heavy atom. The van der Waals surface area contributed by atoms with Crippen LogP contribution in [0.5, 0.6) is 0 Å². The van der Waals surface area contributed by atoms with E-state index in [9.17, 15) is 0 Å². The summed E-state index contributed by atoms with van der Waals surface area (Å²) in [6, 6.07) is 14.8. The number of rotatable bonds is 2. The second-order valence-electron chi connectivity index (χ2n) is 4.73. The first-order valence-corrected chi connectivity index (χ1v) is 7.69. The first-order valence-electron chi connectivity index (χ1n) is 6.50. The maximum Gasteiger partial charge on any atom is 0.0578 e. The standard InChI is InChI=1S/C17H14ClNS/c1-2-9-19-15-10-12-5-3-4-6-16(12)20-17-8-7-13(18)11-14(15)17/h1,3-8,11,15,19H,9-10H2. The van der Waals surface area contributed by atoms with E-state index in [0.717, 1.165) is 11.4 Å². The molecule has 1 N–H and O–H groups in total. The minimum atomic E-state index is 0.205. The molecule has 0 radical (unpaired) electrons. The minimum Gasteiger partial charge on any atom is -0.299 e. The van der Waals surface area contributed by atoms with Gasteiger partial charge in [0.15, 0.2) is 0 Å². The van der Waals surface area contributed by atoms with E-state index in [1.54, 1.807) is 11.8 Å². The fraction of sp³-hybridized carbons (Fsp3) is 0.176. The zero-order valence-electron chi connectivity index (χ0n) is 10.9. The van der Waals surface area contributed by atoms with Crippen molar-refractivity contribution in [3.8, 4) is 12.3 Å². The third kappa shape index (κ3) is 2.71. The highest BCUT2D eigenvalue weighted by atomic mass is 35.5. The van der Waals surface area contributed by atoms with E-state index in [0.29, 0.717) is 6.54 Å². The summed E-state index contributed by atoms with van der Waals surface area (Å²) < 4.78 is 0. The van der Waals surface area contributed by atoms with Gasteiger partial charge in [-0.2, -0.15) is 0 Å². The van der Waals surface area contributed by atoms with Gasteiger partial charge in [0.05, 0.1) is 6.54 Å². The zero-order valence-corrected chi connectivity index (χ0v) is 12.5. The molecule has 0 bridgehead atoms. The van der Waals surface area contributed by atoms with Gasteiger partial charge in [-0.05, 0) is 41.8 Å². The summed E-state index contributed by atoms with van der Waals surface area (Å²) in [5, 5.41) is 4.19. The Morgan fingerprint density at radius 2 is 2.10 bits per heavy atom. The molecule has 0 amide bonds. The molecule has 100 valence electrons. The highest BCUT2D eigenvalue weighted by Crippen LogP contribution is 2.41. The van der Waals surface area contributed by atoms with Gasteiger partial charge in [0.1, 0.15) is 0 Å². The monoisotopic (exact) mass is 299 g/mol. The van der Waals surface area contributed by atoms with Gasteiger partial charge in [0.2, 0.25) is 0 Å². The maximum atomic E-state index is 6.16. The molecule has 0 fully saturated rings. The van der Waals surface area contributed by atoms with Crippen molar-refractivity contribution in [1.29, 1.82) is 0 Å². The molecule has 0 spiro atoms. The van der Waals surface area contributed by atoms with Crippen LogP contribution < -0.4 is 5.32 Å². The van der Waals surface area contributed by atoms with Crippen LogP contribution in [0.4, 0.5) is 0 Å². The van der Waals surface area contributed by atoms with Crippen LogP contribution in [0, 0.1) is 12.3 Å². The normalized spacial score (nSPS) is 16.7. The van der Waals surface area contributed by atoms with E-state index in [4.69, 9.17) is 18.0 Å². The van der Waals surface area contributed by atoms with Crippen molar-refractivity contribution in [1.82, 2.24) is 5.32 Å². The summed E-state index contributed by atoms with van der Waals surface area (Å²) in [5.74, 6) is 2.65. The molecule has 1 nitrogen and oxygen atoms in total. The van der Waals surface area contributed by atoms with Gasteiger partial charge in [0, 0.05) is 20.9 Å². The van der Waals surface area contributed by atoms with Crippen LogP contribution in [-0.2, 0) is 6.42 Å². The highest BCUT2D eigenvalue weighted by molar-refractivity contribution is 7.99. The van der Waals surface area contributed by atoms with Gasteiger partial charge in [-0.25, -0.2) is 0 Å². The van der Waals surface area contributed by atoms with Crippen molar-refractivity contribution in [3.05, 3.63) is 58.6 Å². The van der Waals surface area contributed by atoms with Gasteiger partial charge in [-0.15, -0.1) is 6.42 Å². The molecule has 0 saturated carbocycles. The Kier molecular flexibility index (Phi) is 4.03. The lowest BCUT2D eigenvalue weighted by atomic mass is 9.99. The highest BCUT2D eigenvalue weighted by Gasteiger charge is 2.22. The lowest BCUT2D eigenvalue weighted by Crippen LogP contribution is -2.23. The molecule has 20 heavy (non-hydrogen) atoms. The van der Waals surface area contributed by atoms with Crippen molar-refractivity contribution >= 4 is 23.4 Å². The van der Waals surface area contributed by atoms with Crippen molar-refractivity contribution in [3.63, 3.8) is 0 Å². The fourth-order valence-corrected chi connectivity index (χ4v) is 3.77. The second-order valence-corrected chi connectivity index (χ2v) is 6.25. The van der Waals surface area contributed by atoms with E-state index in [1.807, 2.05) is 12.1 Å². The smallest absolute Gasteiger partial charge is 0.0578 e. The number of terminal acetylenes is 1. The molecule has 3 heteroatoms. The van der Waals surface area contributed by atoms with Crippen molar-refractivity contribution in [2.24, 2.45) is 0 Å². The molecule has 2 aromatic carbocycles. The predicted molar refractivity (Wildman–Crippen MR) is 85.3 cm³/mol. The topological polar surface area (TPSA) is 12.0 Å². The molecule has 1 aliphatic heterocycles. The summed E-state index contributed by atoms with van der Waals surface area (Å²) in [6.07, 6.45) is 6.31. The number of benzene rings is 2. The van der Waals surface area contributed by atoms with E-state index in [1.165, 1.54) is 20.9 Å². The number of halogens is 1. The molecule has 2 aromatic rings. The minimum absolute atomic E-state index is 0.205. The summed E-state index contributed by atoms with van der Waals surface area (Å²) >= 11 is 7.96. The molecule has 1 heterocycles. The quantitative estimate of drug-likeness (QED) is 0.829. The molecule has 1 unspecified atom stereocenters. The van der Waals surface area contributed by atoms with E-state index < -0.39 is 0 Å². The molecule has 1 aliphatic rings. The summed E-state index contributed by atoms with van der Waals surface area (Å²) in [6.45, 7) is 0.559. The largest absolute Gasteiger partial charge is 0.299 e. The van der Waals surface area contributed by atoms with Crippen molar-refractivity contribution < 1.29 is 0 Å². The van der Waals surface area contributed by atoms with Crippen LogP contribution in [0.1, 0.15) is 17.2 Å². The summed E-state index contributed by atoms with van der Waals surface area (Å²) in [4.78, 5) is 2.55. The third-order valence-corrected chi connectivity index (χ3v) is 4.86. The summed E-state index contributed by atoms with van der Waals surface area (Å²) in [7, 11) is 0. The average molecular weight is 300 g/mol. The van der Waals surface area contributed by atoms with Crippen LogP contribution in [0.3, 0.4) is 0 Å².